The van der Waals surface area contributed by atoms with Crippen molar-refractivity contribution in [1.82, 2.24) is 14.9 Å². The lowest BCUT2D eigenvalue weighted by Gasteiger charge is -2.23. The van der Waals surface area contributed by atoms with Gasteiger partial charge in [-0.1, -0.05) is 37.6 Å². The van der Waals surface area contributed by atoms with E-state index in [9.17, 15) is 0 Å². The van der Waals surface area contributed by atoms with E-state index in [2.05, 4.69) is 76.5 Å². The van der Waals surface area contributed by atoms with Gasteiger partial charge in [0.1, 0.15) is 10.8 Å². The van der Waals surface area contributed by atoms with E-state index in [1.54, 1.807) is 18.0 Å². The van der Waals surface area contributed by atoms with Gasteiger partial charge in [0, 0.05) is 41.0 Å². The number of para-hydroxylation sites is 1. The molecule has 1 atom stereocenters. The van der Waals surface area contributed by atoms with Crippen molar-refractivity contribution in [2.75, 3.05) is 49.3 Å². The molecular weight excluding hydrogens is 492 g/mol. The van der Waals surface area contributed by atoms with E-state index >= 15 is 0 Å². The summed E-state index contributed by atoms with van der Waals surface area (Å²) in [5, 5.41) is 7.62. The van der Waals surface area contributed by atoms with Crippen LogP contribution in [0.1, 0.15) is 27.2 Å². The molecule has 4 rings (SSSR count). The van der Waals surface area contributed by atoms with Gasteiger partial charge in [-0.15, -0.1) is 11.8 Å². The molecule has 3 aromatic rings. The van der Waals surface area contributed by atoms with E-state index < -0.39 is 0 Å². The number of nitrogens with zero attached hydrogens (tertiary/aromatic N) is 4. The average Bonchev–Trinajstić information content (AvgIpc) is 3.34. The van der Waals surface area contributed by atoms with Crippen molar-refractivity contribution in [2.45, 2.75) is 43.4 Å². The van der Waals surface area contributed by atoms with Gasteiger partial charge in [-0.25, -0.2) is 4.98 Å². The Morgan fingerprint density at radius 2 is 1.97 bits per heavy atom. The molecule has 1 aliphatic heterocycles. The first-order chi connectivity index (χ1) is 17.3. The van der Waals surface area contributed by atoms with E-state index in [0.717, 1.165) is 47.2 Å². The highest BCUT2D eigenvalue weighted by Crippen LogP contribution is 2.36. The molecule has 0 bridgehead atoms. The molecule has 0 radical (unpaired) electrons. The maximum atomic E-state index is 6.46. The Hall–Kier alpha value is -2.68. The number of nitrogens with one attached hydrogen (secondary N) is 2. The van der Waals surface area contributed by atoms with Gasteiger partial charge in [0.05, 0.1) is 24.2 Å². The number of rotatable bonds is 10. The van der Waals surface area contributed by atoms with Crippen LogP contribution in [-0.2, 0) is 0 Å². The fourth-order valence-electron chi connectivity index (χ4n) is 4.17. The minimum atomic E-state index is 0.443. The summed E-state index contributed by atoms with van der Waals surface area (Å²) in [6, 6.07) is 15.0. The highest BCUT2D eigenvalue weighted by molar-refractivity contribution is 8.00. The molecule has 0 spiro atoms. The Kier molecular flexibility index (Phi) is 8.82. The predicted molar refractivity (Wildman–Crippen MR) is 153 cm³/mol. The smallest absolute Gasteiger partial charge is 0.229 e. The molecule has 0 amide bonds. The third-order valence-electron chi connectivity index (χ3n) is 6.02. The lowest BCUT2D eigenvalue weighted by molar-refractivity contribution is 0.315. The molecule has 7 nitrogen and oxygen atoms in total. The Morgan fingerprint density at radius 1 is 1.17 bits per heavy atom. The number of hydrogen-bond acceptors (Lipinski definition) is 8. The van der Waals surface area contributed by atoms with Crippen molar-refractivity contribution in [3.63, 3.8) is 0 Å². The number of hydrogen-bond donors (Lipinski definition) is 2. The summed E-state index contributed by atoms with van der Waals surface area (Å²) in [4.78, 5) is 14.9. The van der Waals surface area contributed by atoms with Crippen LogP contribution in [0.15, 0.2) is 53.6 Å². The van der Waals surface area contributed by atoms with Crippen molar-refractivity contribution in [3.05, 3.63) is 53.7 Å². The van der Waals surface area contributed by atoms with Crippen LogP contribution in [0.5, 0.6) is 5.75 Å². The first-order valence-electron chi connectivity index (χ1n) is 12.3. The van der Waals surface area contributed by atoms with Crippen molar-refractivity contribution in [3.8, 4) is 5.75 Å². The van der Waals surface area contributed by atoms with E-state index in [0.29, 0.717) is 34.7 Å². The molecule has 36 heavy (non-hydrogen) atoms. The Balaban J connectivity index is 1.55. The van der Waals surface area contributed by atoms with Crippen LogP contribution in [-0.4, -0.2) is 60.0 Å². The molecule has 9 heteroatoms. The van der Waals surface area contributed by atoms with Crippen molar-refractivity contribution in [1.29, 1.82) is 0 Å². The number of benzene rings is 2. The van der Waals surface area contributed by atoms with Gasteiger partial charge in [0.2, 0.25) is 5.95 Å². The van der Waals surface area contributed by atoms with Gasteiger partial charge in [-0.2, -0.15) is 4.98 Å². The molecule has 2 heterocycles. The normalized spacial score (nSPS) is 15.6. The predicted octanol–water partition coefficient (Wildman–Crippen LogP) is 6.66. The van der Waals surface area contributed by atoms with Gasteiger partial charge in [0.15, 0.2) is 5.82 Å². The summed E-state index contributed by atoms with van der Waals surface area (Å²) < 4.78 is 5.99. The van der Waals surface area contributed by atoms with Crippen LogP contribution in [0.4, 0.5) is 28.8 Å². The molecule has 0 saturated carbocycles. The summed E-state index contributed by atoms with van der Waals surface area (Å²) in [6.45, 7) is 8.95. The molecule has 1 aromatic heterocycles. The number of thioether (sulfide) groups is 1. The fourth-order valence-corrected chi connectivity index (χ4v) is 5.22. The Morgan fingerprint density at radius 3 is 2.69 bits per heavy atom. The first-order valence-corrected chi connectivity index (χ1v) is 13.6. The molecule has 0 unspecified atom stereocenters. The SMILES string of the molecule is CCOc1cc(N2CC[C@H](N(C)C)C2)ccc1Nc1ncc(Cl)c(Nc2ccccc2SC(C)C)n1. The van der Waals surface area contributed by atoms with E-state index in [1.807, 2.05) is 31.2 Å². The lowest BCUT2D eigenvalue weighted by atomic mass is 10.2. The molecule has 192 valence electrons. The van der Waals surface area contributed by atoms with Gasteiger partial charge in [-0.05, 0) is 51.7 Å². The molecule has 2 N–H and O–H groups in total. The Bertz CT molecular complexity index is 1170. The zero-order valence-corrected chi connectivity index (χ0v) is 23.2. The summed E-state index contributed by atoms with van der Waals surface area (Å²) >= 11 is 8.25. The highest BCUT2D eigenvalue weighted by Gasteiger charge is 2.25. The summed E-state index contributed by atoms with van der Waals surface area (Å²) in [7, 11) is 4.29. The van der Waals surface area contributed by atoms with Crippen LogP contribution in [0, 0.1) is 0 Å². The van der Waals surface area contributed by atoms with Gasteiger partial charge in [0.25, 0.3) is 0 Å². The van der Waals surface area contributed by atoms with Crippen LogP contribution >= 0.6 is 23.4 Å². The average molecular weight is 527 g/mol. The minimum absolute atomic E-state index is 0.443. The minimum Gasteiger partial charge on any atom is -0.492 e. The lowest BCUT2D eigenvalue weighted by Crippen LogP contribution is -2.31. The standard InChI is InChI=1S/C27H35ClN6OS/c1-6-35-24-15-19(34-14-13-20(17-34)33(4)5)11-12-22(24)31-27-29-16-21(28)26(32-27)30-23-9-7-8-10-25(23)36-18(2)3/h7-12,15-16,18,20H,6,13-14,17H2,1-5H3,(H2,29,30,31,32)/t20-/m0/s1. The van der Waals surface area contributed by atoms with Crippen molar-refractivity contribution < 1.29 is 4.74 Å². The topological polar surface area (TPSA) is 65.6 Å². The number of aromatic nitrogens is 2. The first kappa shape index (κ1) is 26.4. The van der Waals surface area contributed by atoms with Gasteiger partial charge < -0.3 is 25.2 Å². The monoisotopic (exact) mass is 526 g/mol. The fraction of sp³-hybridized carbons (Fsp3) is 0.407. The highest BCUT2D eigenvalue weighted by atomic mass is 35.5. The van der Waals surface area contributed by atoms with Crippen molar-refractivity contribution in [2.24, 2.45) is 0 Å². The van der Waals surface area contributed by atoms with Crippen LogP contribution in [0.25, 0.3) is 0 Å². The third-order valence-corrected chi connectivity index (χ3v) is 7.38. The number of ether oxygens (including phenoxy) is 1. The maximum Gasteiger partial charge on any atom is 0.229 e. The van der Waals surface area contributed by atoms with E-state index in [4.69, 9.17) is 16.3 Å². The molecule has 1 fully saturated rings. The van der Waals surface area contributed by atoms with Crippen LogP contribution in [0.3, 0.4) is 0 Å². The quantitative estimate of drug-likeness (QED) is 0.284. The van der Waals surface area contributed by atoms with Gasteiger partial charge >= 0.3 is 0 Å². The summed E-state index contributed by atoms with van der Waals surface area (Å²) in [5.41, 5.74) is 2.93. The third kappa shape index (κ3) is 6.55. The molecule has 1 saturated heterocycles. The van der Waals surface area contributed by atoms with Gasteiger partial charge in [-0.3, -0.25) is 0 Å². The molecule has 1 aliphatic rings. The van der Waals surface area contributed by atoms with Crippen molar-refractivity contribution >= 4 is 52.2 Å². The second kappa shape index (κ2) is 12.0. The van der Waals surface area contributed by atoms with Crippen LogP contribution in [0.2, 0.25) is 5.02 Å². The number of likely N-dealkylation sites (N-methyl/N-ethyl adjacent to an activating group) is 1. The summed E-state index contributed by atoms with van der Waals surface area (Å²) in [6.07, 6.45) is 2.77. The largest absolute Gasteiger partial charge is 0.492 e. The van der Waals surface area contributed by atoms with E-state index in [-0.39, 0.29) is 0 Å². The van der Waals surface area contributed by atoms with Crippen LogP contribution < -0.4 is 20.3 Å². The van der Waals surface area contributed by atoms with E-state index in [1.165, 1.54) is 0 Å². The number of halogens is 1. The zero-order chi connectivity index (χ0) is 25.7. The molecule has 2 aromatic carbocycles. The zero-order valence-electron chi connectivity index (χ0n) is 21.6. The molecular formula is C27H35ClN6OS. The summed E-state index contributed by atoms with van der Waals surface area (Å²) in [5.74, 6) is 1.76. The Labute approximate surface area is 223 Å². The molecule has 0 aliphatic carbocycles. The number of anilines is 5. The second-order valence-corrected chi connectivity index (χ2v) is 11.3. The second-order valence-electron chi connectivity index (χ2n) is 9.27. The maximum absolute atomic E-state index is 6.46.